The molecule has 146 valence electrons. The number of hydrogen-bond donors (Lipinski definition) is 1. The van der Waals surface area contributed by atoms with Crippen LogP contribution in [0.5, 0.6) is 5.75 Å². The number of likely N-dealkylation sites (tertiary alicyclic amines) is 1. The molecule has 0 spiro atoms. The zero-order valence-electron chi connectivity index (χ0n) is 16.4. The minimum absolute atomic E-state index is 0.219. The fraction of sp³-hybridized carbons (Fsp3) is 0.227. The zero-order chi connectivity index (χ0) is 19.8. The van der Waals surface area contributed by atoms with Gasteiger partial charge in [0, 0.05) is 42.8 Å². The van der Waals surface area contributed by atoms with Crippen LogP contribution in [0.4, 0.5) is 11.6 Å². The first kappa shape index (κ1) is 17.6. The Morgan fingerprint density at radius 1 is 1.07 bits per heavy atom. The summed E-state index contributed by atoms with van der Waals surface area (Å²) >= 11 is 0. The molecule has 1 aliphatic heterocycles. The molecule has 29 heavy (non-hydrogen) atoms. The summed E-state index contributed by atoms with van der Waals surface area (Å²) in [5.74, 6) is 2.34. The van der Waals surface area contributed by atoms with Crippen molar-refractivity contribution in [3.8, 4) is 16.9 Å². The summed E-state index contributed by atoms with van der Waals surface area (Å²) in [4.78, 5) is 11.0. The monoisotopic (exact) mass is 386 g/mol. The van der Waals surface area contributed by atoms with Crippen LogP contribution in [-0.4, -0.2) is 50.7 Å². The number of aryl methyl sites for hydroxylation is 1. The van der Waals surface area contributed by atoms with Gasteiger partial charge in [0.15, 0.2) is 5.82 Å². The summed E-state index contributed by atoms with van der Waals surface area (Å²) in [5, 5.41) is 7.81. The summed E-state index contributed by atoms with van der Waals surface area (Å²) in [5.41, 5.74) is 4.08. The van der Waals surface area contributed by atoms with Gasteiger partial charge in [-0.3, -0.25) is 9.88 Å². The van der Waals surface area contributed by atoms with Crippen molar-refractivity contribution in [1.82, 2.24) is 24.5 Å². The predicted molar refractivity (Wildman–Crippen MR) is 113 cm³/mol. The molecule has 0 atom stereocenters. The van der Waals surface area contributed by atoms with E-state index in [2.05, 4.69) is 50.5 Å². The third-order valence-corrected chi connectivity index (χ3v) is 5.02. The summed E-state index contributed by atoms with van der Waals surface area (Å²) in [6, 6.07) is 14.0. The normalized spacial score (nSPS) is 14.7. The molecule has 1 fully saturated rings. The molecule has 4 aromatic heterocycles. The second kappa shape index (κ2) is 7.18. The maximum absolute atomic E-state index is 6.21. The molecule has 4 aromatic rings. The van der Waals surface area contributed by atoms with Gasteiger partial charge in [-0.25, -0.2) is 9.50 Å². The van der Waals surface area contributed by atoms with Crippen molar-refractivity contribution >= 4 is 17.2 Å². The third kappa shape index (κ3) is 3.64. The highest BCUT2D eigenvalue weighted by Crippen LogP contribution is 2.32. The van der Waals surface area contributed by atoms with Crippen LogP contribution in [0, 0.1) is 6.92 Å². The van der Waals surface area contributed by atoms with E-state index in [9.17, 15) is 0 Å². The second-order valence-electron chi connectivity index (χ2n) is 7.44. The van der Waals surface area contributed by atoms with Gasteiger partial charge in [-0.2, -0.15) is 5.10 Å². The average Bonchev–Trinajstić information content (AvgIpc) is 3.10. The molecule has 7 nitrogen and oxygen atoms in total. The molecule has 7 heteroatoms. The number of ether oxygens (including phenoxy) is 1. The quantitative estimate of drug-likeness (QED) is 0.566. The van der Waals surface area contributed by atoms with E-state index in [1.807, 2.05) is 48.1 Å². The molecule has 1 saturated heterocycles. The Morgan fingerprint density at radius 3 is 2.76 bits per heavy atom. The van der Waals surface area contributed by atoms with Crippen molar-refractivity contribution in [1.29, 1.82) is 0 Å². The number of anilines is 2. The topological polar surface area (TPSA) is 67.6 Å². The van der Waals surface area contributed by atoms with Crippen molar-refractivity contribution in [2.45, 2.75) is 13.0 Å². The summed E-state index contributed by atoms with van der Waals surface area (Å²) in [6.07, 6.45) is 5.77. The molecule has 0 amide bonds. The summed E-state index contributed by atoms with van der Waals surface area (Å²) in [6.45, 7) is 3.88. The van der Waals surface area contributed by atoms with Crippen LogP contribution in [0.3, 0.4) is 0 Å². The van der Waals surface area contributed by atoms with Gasteiger partial charge in [0.2, 0.25) is 0 Å². The van der Waals surface area contributed by atoms with E-state index >= 15 is 0 Å². The van der Waals surface area contributed by atoms with E-state index in [0.717, 1.165) is 52.8 Å². The van der Waals surface area contributed by atoms with Crippen molar-refractivity contribution in [3.05, 3.63) is 66.7 Å². The maximum atomic E-state index is 6.21. The van der Waals surface area contributed by atoms with Gasteiger partial charge in [-0.1, -0.05) is 6.07 Å². The van der Waals surface area contributed by atoms with Crippen molar-refractivity contribution in [3.63, 3.8) is 0 Å². The fourth-order valence-electron chi connectivity index (χ4n) is 3.55. The molecular formula is C22H22N6O. The van der Waals surface area contributed by atoms with Gasteiger partial charge < -0.3 is 10.1 Å². The number of nitrogens with zero attached hydrogens (tertiary/aromatic N) is 5. The Bertz CT molecular complexity index is 1150. The van der Waals surface area contributed by atoms with Crippen LogP contribution in [0.2, 0.25) is 0 Å². The number of pyridine rings is 3. The molecule has 0 aliphatic carbocycles. The minimum atomic E-state index is 0.219. The van der Waals surface area contributed by atoms with E-state index in [1.165, 1.54) is 0 Å². The fourth-order valence-corrected chi connectivity index (χ4v) is 3.55. The highest BCUT2D eigenvalue weighted by molar-refractivity contribution is 5.75. The largest absolute Gasteiger partial charge is 0.485 e. The number of rotatable bonds is 5. The lowest BCUT2D eigenvalue weighted by Gasteiger charge is -2.36. The van der Waals surface area contributed by atoms with Crippen LogP contribution < -0.4 is 10.1 Å². The third-order valence-electron chi connectivity index (χ3n) is 5.02. The van der Waals surface area contributed by atoms with Gasteiger partial charge in [0.25, 0.3) is 0 Å². The van der Waals surface area contributed by atoms with Crippen LogP contribution in [0.1, 0.15) is 5.69 Å². The number of aromatic nitrogens is 4. The predicted octanol–water partition coefficient (Wildman–Crippen LogP) is 3.54. The number of likely N-dealkylation sites (N-methyl/N-ethyl adjacent to an activating group) is 1. The Labute approximate surface area is 169 Å². The second-order valence-corrected chi connectivity index (χ2v) is 7.44. The van der Waals surface area contributed by atoms with Gasteiger partial charge in [0.1, 0.15) is 17.7 Å². The lowest BCUT2D eigenvalue weighted by molar-refractivity contribution is 0.0390. The Balaban J connectivity index is 1.46. The molecule has 0 radical (unpaired) electrons. The minimum Gasteiger partial charge on any atom is -0.485 e. The van der Waals surface area contributed by atoms with E-state index in [1.54, 1.807) is 6.20 Å². The van der Waals surface area contributed by atoms with Crippen LogP contribution in [-0.2, 0) is 0 Å². The van der Waals surface area contributed by atoms with E-state index in [0.29, 0.717) is 0 Å². The van der Waals surface area contributed by atoms with Gasteiger partial charge in [0.05, 0.1) is 11.7 Å². The average molecular weight is 386 g/mol. The van der Waals surface area contributed by atoms with Crippen molar-refractivity contribution < 1.29 is 4.74 Å². The molecule has 0 bridgehead atoms. The highest BCUT2D eigenvalue weighted by atomic mass is 16.5. The van der Waals surface area contributed by atoms with E-state index in [4.69, 9.17) is 4.74 Å². The molecule has 0 unspecified atom stereocenters. The first-order valence-corrected chi connectivity index (χ1v) is 9.64. The van der Waals surface area contributed by atoms with Gasteiger partial charge >= 0.3 is 0 Å². The zero-order valence-corrected chi connectivity index (χ0v) is 16.4. The molecular weight excluding hydrogens is 364 g/mol. The molecule has 5 rings (SSSR count). The standard InChI is InChI=1S/C22H22N6O/c1-15-9-19(20(12-24-15)29-18-13-27(2)14-18)16-6-8-28-17(10-16)11-22(26-28)25-21-5-3-4-7-23-21/h3-12,18H,13-14H2,1-2H3,(H,23,25,26). The molecule has 0 aromatic carbocycles. The lowest BCUT2D eigenvalue weighted by Crippen LogP contribution is -2.51. The first-order chi connectivity index (χ1) is 14.1. The Hall–Kier alpha value is -3.45. The van der Waals surface area contributed by atoms with Crippen molar-refractivity contribution in [2.24, 2.45) is 0 Å². The SMILES string of the molecule is Cc1cc(-c2ccn3nc(Nc4ccccn4)cc3c2)c(OC2CN(C)C2)cn1. The van der Waals surface area contributed by atoms with E-state index < -0.39 is 0 Å². The Morgan fingerprint density at radius 2 is 1.97 bits per heavy atom. The highest BCUT2D eigenvalue weighted by Gasteiger charge is 2.26. The summed E-state index contributed by atoms with van der Waals surface area (Å²) in [7, 11) is 2.10. The lowest BCUT2D eigenvalue weighted by atomic mass is 10.1. The maximum Gasteiger partial charge on any atom is 0.154 e. The number of nitrogens with one attached hydrogen (secondary N) is 1. The van der Waals surface area contributed by atoms with Gasteiger partial charge in [-0.05, 0) is 49.9 Å². The van der Waals surface area contributed by atoms with Crippen LogP contribution >= 0.6 is 0 Å². The van der Waals surface area contributed by atoms with Crippen molar-refractivity contribution in [2.75, 3.05) is 25.5 Å². The molecule has 0 saturated carbocycles. The first-order valence-electron chi connectivity index (χ1n) is 9.64. The van der Waals surface area contributed by atoms with Gasteiger partial charge in [-0.15, -0.1) is 0 Å². The molecule has 1 N–H and O–H groups in total. The number of hydrogen-bond acceptors (Lipinski definition) is 6. The molecule has 1 aliphatic rings. The molecule has 5 heterocycles. The van der Waals surface area contributed by atoms with Crippen LogP contribution in [0.25, 0.3) is 16.6 Å². The Kier molecular flexibility index (Phi) is 4.37. The summed E-state index contributed by atoms with van der Waals surface area (Å²) < 4.78 is 8.06. The van der Waals surface area contributed by atoms with E-state index in [-0.39, 0.29) is 6.10 Å². The number of fused-ring (bicyclic) bond motifs is 1. The smallest absolute Gasteiger partial charge is 0.154 e. The van der Waals surface area contributed by atoms with Crippen LogP contribution in [0.15, 0.2) is 61.1 Å².